The number of carbonyl (C=O) groups excluding carboxylic acids is 1. The molecule has 86 valence electrons. The Morgan fingerprint density at radius 1 is 1.31 bits per heavy atom. The third-order valence-corrected chi connectivity index (χ3v) is 2.72. The van der Waals surface area contributed by atoms with Crippen molar-refractivity contribution in [1.29, 1.82) is 0 Å². The molecule has 0 bridgehead atoms. The molecular weight excluding hydrogens is 231 g/mol. The van der Waals surface area contributed by atoms with Crippen LogP contribution in [0.5, 0.6) is 0 Å². The second kappa shape index (κ2) is 7.73. The van der Waals surface area contributed by atoms with Crippen molar-refractivity contribution >= 4 is 13.3 Å². The molecule has 1 atom stereocenters. The number of hydrogen-bond acceptors (Lipinski definition) is 5. The summed E-state index contributed by atoms with van der Waals surface area (Å²) in [5, 5.41) is 0. The van der Waals surface area contributed by atoms with E-state index in [1.54, 1.807) is 0 Å². The van der Waals surface area contributed by atoms with Crippen LogP contribution in [-0.2, 0) is 18.3 Å². The summed E-state index contributed by atoms with van der Waals surface area (Å²) in [7, 11) is -4.04. The first-order valence-corrected chi connectivity index (χ1v) is 5.69. The maximum Gasteiger partial charge on any atom is 0.439 e. The Labute approximate surface area is 94.3 Å². The van der Waals surface area contributed by atoms with Crippen molar-refractivity contribution < 1.29 is 23.1 Å². The maximum absolute atomic E-state index is 11.8. The summed E-state index contributed by atoms with van der Waals surface area (Å²) in [5.41, 5.74) is -1.16. The molecule has 1 unspecified atom stereocenters. The van der Waals surface area contributed by atoms with Gasteiger partial charge in [0.25, 0.3) is 0 Å². The number of ether oxygens (including phenoxy) is 1. The molecule has 6 heteroatoms. The average Bonchev–Trinajstić information content (AvgIpc) is 2.30. The van der Waals surface area contributed by atoms with Crippen molar-refractivity contribution in [3.63, 3.8) is 0 Å². The van der Waals surface area contributed by atoms with Crippen molar-refractivity contribution in [2.24, 2.45) is 0 Å². The van der Waals surface area contributed by atoms with Gasteiger partial charge >= 0.3 is 13.3 Å². The Kier molecular flexibility index (Phi) is 7.00. The van der Waals surface area contributed by atoms with E-state index in [0.717, 1.165) is 0 Å². The molecule has 0 spiro atoms. The minimum absolute atomic E-state index is 0.132. The highest BCUT2D eigenvalue weighted by Gasteiger charge is 2.36. The van der Waals surface area contributed by atoms with Crippen LogP contribution in [0, 0.1) is 24.7 Å². The monoisotopic (exact) mass is 242 g/mol. The third kappa shape index (κ3) is 4.82. The first kappa shape index (κ1) is 14.5. The zero-order valence-corrected chi connectivity index (χ0v) is 9.44. The lowest BCUT2D eigenvalue weighted by molar-refractivity contribution is 0.163. The smallest absolute Gasteiger partial charge is 0.439 e. The number of terminal acetylenes is 2. The molecular formula is C10H11O5P. The lowest BCUT2D eigenvalue weighted by atomic mass is 10.7. The van der Waals surface area contributed by atoms with Crippen molar-refractivity contribution in [2.75, 3.05) is 19.8 Å². The number of carbonyl (C=O) groups is 1. The van der Waals surface area contributed by atoms with Crippen molar-refractivity contribution in [3.05, 3.63) is 12.7 Å². The maximum atomic E-state index is 11.8. The molecule has 0 saturated heterocycles. The SMILES string of the molecule is C#CCOC(=O)P(=O)(OCC#C)OCC=C. The zero-order valence-electron chi connectivity index (χ0n) is 8.55. The Bertz CT molecular complexity index is 374. The Balaban J connectivity index is 4.58. The van der Waals surface area contributed by atoms with E-state index >= 15 is 0 Å². The van der Waals surface area contributed by atoms with E-state index in [2.05, 4.69) is 21.8 Å². The number of rotatable bonds is 7. The summed E-state index contributed by atoms with van der Waals surface area (Å²) in [6.45, 7) is 2.55. The van der Waals surface area contributed by atoms with Gasteiger partial charge in [0.05, 0.1) is 6.61 Å². The first-order chi connectivity index (χ1) is 7.60. The predicted octanol–water partition coefficient (Wildman–Crippen LogP) is 1.80. The van der Waals surface area contributed by atoms with Crippen molar-refractivity contribution in [2.45, 2.75) is 0 Å². The van der Waals surface area contributed by atoms with Gasteiger partial charge in [-0.05, 0) is 0 Å². The van der Waals surface area contributed by atoms with E-state index in [4.69, 9.17) is 17.4 Å². The summed E-state index contributed by atoms with van der Waals surface area (Å²) < 4.78 is 25.6. The van der Waals surface area contributed by atoms with Crippen LogP contribution in [0.3, 0.4) is 0 Å². The highest BCUT2D eigenvalue weighted by Crippen LogP contribution is 2.49. The van der Waals surface area contributed by atoms with Gasteiger partial charge in [-0.3, -0.25) is 9.05 Å². The fraction of sp³-hybridized carbons (Fsp3) is 0.300. The van der Waals surface area contributed by atoms with Crippen molar-refractivity contribution in [3.8, 4) is 24.7 Å². The molecule has 0 aliphatic carbocycles. The fourth-order valence-corrected chi connectivity index (χ4v) is 1.65. The molecule has 0 fully saturated rings. The van der Waals surface area contributed by atoms with Crippen LogP contribution in [0.1, 0.15) is 0 Å². The molecule has 0 amide bonds. The van der Waals surface area contributed by atoms with E-state index in [0.29, 0.717) is 0 Å². The average molecular weight is 242 g/mol. The van der Waals surface area contributed by atoms with Crippen LogP contribution in [-0.4, -0.2) is 25.5 Å². The summed E-state index contributed by atoms with van der Waals surface area (Å²) in [6.07, 6.45) is 11.1. The van der Waals surface area contributed by atoms with Crippen LogP contribution in [0.15, 0.2) is 12.7 Å². The van der Waals surface area contributed by atoms with Gasteiger partial charge in [-0.15, -0.1) is 19.4 Å². The fourth-order valence-electron chi connectivity index (χ4n) is 0.598. The Morgan fingerprint density at radius 2 is 1.94 bits per heavy atom. The second-order valence-electron chi connectivity index (χ2n) is 2.32. The molecule has 0 saturated carbocycles. The lowest BCUT2D eigenvalue weighted by Crippen LogP contribution is -2.09. The van der Waals surface area contributed by atoms with Gasteiger partial charge < -0.3 is 4.74 Å². The van der Waals surface area contributed by atoms with Crippen LogP contribution >= 0.6 is 7.60 Å². The van der Waals surface area contributed by atoms with Gasteiger partial charge in [-0.1, -0.05) is 17.9 Å². The van der Waals surface area contributed by atoms with E-state index in [1.165, 1.54) is 6.08 Å². The Hall–Kier alpha value is -1.52. The molecule has 0 rings (SSSR count). The van der Waals surface area contributed by atoms with E-state index in [1.807, 2.05) is 5.92 Å². The van der Waals surface area contributed by atoms with Crippen LogP contribution in [0.25, 0.3) is 0 Å². The van der Waals surface area contributed by atoms with Gasteiger partial charge in [-0.25, -0.2) is 9.36 Å². The minimum Gasteiger partial charge on any atom is -0.443 e. The summed E-state index contributed by atoms with van der Waals surface area (Å²) in [4.78, 5) is 11.3. The summed E-state index contributed by atoms with van der Waals surface area (Å²) >= 11 is 0. The van der Waals surface area contributed by atoms with Gasteiger partial charge in [-0.2, -0.15) is 0 Å². The molecule has 0 N–H and O–H groups in total. The van der Waals surface area contributed by atoms with Gasteiger partial charge in [0, 0.05) is 0 Å². The molecule has 0 aromatic heterocycles. The molecule has 16 heavy (non-hydrogen) atoms. The Morgan fingerprint density at radius 3 is 2.44 bits per heavy atom. The first-order valence-electron chi connectivity index (χ1n) is 4.15. The van der Waals surface area contributed by atoms with Crippen molar-refractivity contribution in [1.82, 2.24) is 0 Å². The van der Waals surface area contributed by atoms with Gasteiger partial charge in [0.2, 0.25) is 0 Å². The van der Waals surface area contributed by atoms with E-state index in [9.17, 15) is 9.36 Å². The third-order valence-electron chi connectivity index (χ3n) is 1.18. The molecule has 0 aliphatic rings. The highest BCUT2D eigenvalue weighted by atomic mass is 31.2. The van der Waals surface area contributed by atoms with E-state index < -0.39 is 13.3 Å². The quantitative estimate of drug-likeness (QED) is 0.387. The normalized spacial score (nSPS) is 12.9. The van der Waals surface area contributed by atoms with Crippen LogP contribution in [0.2, 0.25) is 0 Å². The van der Waals surface area contributed by atoms with Crippen LogP contribution < -0.4 is 0 Å². The van der Waals surface area contributed by atoms with Gasteiger partial charge in [0.15, 0.2) is 6.61 Å². The second-order valence-corrected chi connectivity index (χ2v) is 4.19. The predicted molar refractivity (Wildman–Crippen MR) is 58.7 cm³/mol. The molecule has 0 heterocycles. The zero-order chi connectivity index (χ0) is 12.4. The highest BCUT2D eigenvalue weighted by molar-refractivity contribution is 7.71. The summed E-state index contributed by atoms with van der Waals surface area (Å²) in [6, 6.07) is 0. The molecule has 5 nitrogen and oxygen atoms in total. The largest absolute Gasteiger partial charge is 0.443 e. The molecule has 0 aliphatic heterocycles. The lowest BCUT2D eigenvalue weighted by Gasteiger charge is -2.13. The molecule has 0 aromatic carbocycles. The minimum atomic E-state index is -4.04. The van der Waals surface area contributed by atoms with Crippen LogP contribution in [0.4, 0.5) is 4.79 Å². The standard InChI is InChI=1S/C10H11O5P/c1-4-7-13-10(11)16(12,14-8-5-2)15-9-6-3/h1-2,6H,3,7-9H2. The summed E-state index contributed by atoms with van der Waals surface area (Å²) in [5.74, 6) is 4.11. The molecule has 0 aromatic rings. The number of hydrogen-bond donors (Lipinski definition) is 0. The van der Waals surface area contributed by atoms with E-state index in [-0.39, 0.29) is 19.8 Å². The topological polar surface area (TPSA) is 61.8 Å². The molecule has 0 radical (unpaired) electrons. The van der Waals surface area contributed by atoms with Gasteiger partial charge in [0.1, 0.15) is 6.61 Å².